The molecule has 0 saturated heterocycles. The van der Waals surface area contributed by atoms with Gasteiger partial charge in [-0.1, -0.05) is 11.6 Å². The van der Waals surface area contributed by atoms with Crippen molar-refractivity contribution in [1.82, 2.24) is 0 Å². The standard InChI is InChI=1S/C11H15ClFNO/c1-7-8(4-2-3-5-14)11(15)10(13)6-9(7)12/h6,15H,2-5,14H2,1H3. The Morgan fingerprint density at radius 3 is 2.73 bits per heavy atom. The second-order valence-electron chi connectivity index (χ2n) is 3.54. The Morgan fingerprint density at radius 1 is 1.47 bits per heavy atom. The number of unbranched alkanes of at least 4 members (excludes halogenated alkanes) is 1. The van der Waals surface area contributed by atoms with Crippen molar-refractivity contribution in [3.05, 3.63) is 28.0 Å². The fourth-order valence-corrected chi connectivity index (χ4v) is 1.72. The van der Waals surface area contributed by atoms with Gasteiger partial charge in [0.25, 0.3) is 0 Å². The number of halogens is 2. The predicted octanol–water partition coefficient (Wildman–Crippen LogP) is 2.77. The van der Waals surface area contributed by atoms with Gasteiger partial charge >= 0.3 is 0 Å². The first-order valence-electron chi connectivity index (χ1n) is 4.94. The van der Waals surface area contributed by atoms with Crippen LogP contribution in [0.15, 0.2) is 6.07 Å². The lowest BCUT2D eigenvalue weighted by atomic mass is 10.0. The number of aromatic hydroxyl groups is 1. The number of nitrogens with two attached hydrogens (primary N) is 1. The summed E-state index contributed by atoms with van der Waals surface area (Å²) in [6, 6.07) is 1.14. The van der Waals surface area contributed by atoms with Crippen molar-refractivity contribution in [1.29, 1.82) is 0 Å². The minimum Gasteiger partial charge on any atom is -0.505 e. The summed E-state index contributed by atoms with van der Waals surface area (Å²) in [7, 11) is 0. The molecule has 0 amide bonds. The van der Waals surface area contributed by atoms with Gasteiger partial charge in [0.2, 0.25) is 0 Å². The Hall–Kier alpha value is -0.800. The molecule has 0 heterocycles. The van der Waals surface area contributed by atoms with E-state index in [2.05, 4.69) is 0 Å². The van der Waals surface area contributed by atoms with Gasteiger partial charge in [-0.05, 0) is 44.4 Å². The average molecular weight is 232 g/mol. The zero-order valence-corrected chi connectivity index (χ0v) is 9.44. The first-order valence-corrected chi connectivity index (χ1v) is 5.32. The molecule has 0 aromatic heterocycles. The van der Waals surface area contributed by atoms with Gasteiger partial charge in [-0.3, -0.25) is 0 Å². The van der Waals surface area contributed by atoms with Crippen molar-refractivity contribution in [2.45, 2.75) is 26.2 Å². The van der Waals surface area contributed by atoms with Crippen LogP contribution in [0.4, 0.5) is 4.39 Å². The molecule has 0 aliphatic rings. The van der Waals surface area contributed by atoms with E-state index in [1.165, 1.54) is 0 Å². The van der Waals surface area contributed by atoms with Crippen molar-refractivity contribution in [3.8, 4) is 5.75 Å². The summed E-state index contributed by atoms with van der Waals surface area (Å²) in [5.41, 5.74) is 6.70. The van der Waals surface area contributed by atoms with E-state index < -0.39 is 5.82 Å². The minimum absolute atomic E-state index is 0.283. The number of hydrogen-bond acceptors (Lipinski definition) is 2. The SMILES string of the molecule is Cc1c(Cl)cc(F)c(O)c1CCCCN. The van der Waals surface area contributed by atoms with Crippen molar-refractivity contribution < 1.29 is 9.50 Å². The average Bonchev–Trinajstić information content (AvgIpc) is 2.20. The second kappa shape index (κ2) is 5.33. The summed E-state index contributed by atoms with van der Waals surface area (Å²) in [5.74, 6) is -0.942. The summed E-state index contributed by atoms with van der Waals surface area (Å²) >= 11 is 5.83. The highest BCUT2D eigenvalue weighted by Crippen LogP contribution is 2.31. The highest BCUT2D eigenvalue weighted by Gasteiger charge is 2.13. The lowest BCUT2D eigenvalue weighted by molar-refractivity contribution is 0.424. The van der Waals surface area contributed by atoms with Crippen molar-refractivity contribution in [2.75, 3.05) is 6.54 Å². The predicted molar refractivity (Wildman–Crippen MR) is 59.8 cm³/mol. The van der Waals surface area contributed by atoms with Crippen LogP contribution in [0, 0.1) is 12.7 Å². The van der Waals surface area contributed by atoms with Gasteiger partial charge in [-0.2, -0.15) is 0 Å². The summed E-state index contributed by atoms with van der Waals surface area (Å²) < 4.78 is 13.2. The topological polar surface area (TPSA) is 46.2 Å². The number of benzene rings is 1. The maximum absolute atomic E-state index is 13.2. The van der Waals surface area contributed by atoms with E-state index in [0.717, 1.165) is 24.5 Å². The van der Waals surface area contributed by atoms with E-state index in [-0.39, 0.29) is 5.75 Å². The van der Waals surface area contributed by atoms with Gasteiger partial charge in [0.1, 0.15) is 0 Å². The molecule has 1 rings (SSSR count). The van der Waals surface area contributed by atoms with Gasteiger partial charge in [-0.15, -0.1) is 0 Å². The maximum atomic E-state index is 13.2. The van der Waals surface area contributed by atoms with Crippen LogP contribution in [0.25, 0.3) is 0 Å². The zero-order chi connectivity index (χ0) is 11.4. The maximum Gasteiger partial charge on any atom is 0.166 e. The number of rotatable bonds is 4. The Labute approximate surface area is 93.9 Å². The Bertz CT molecular complexity index is 329. The largest absolute Gasteiger partial charge is 0.505 e. The van der Waals surface area contributed by atoms with Crippen LogP contribution in [0.1, 0.15) is 24.0 Å². The first-order chi connectivity index (χ1) is 7.07. The van der Waals surface area contributed by atoms with Gasteiger partial charge in [-0.25, -0.2) is 4.39 Å². The molecule has 0 radical (unpaired) electrons. The van der Waals surface area contributed by atoms with Crippen molar-refractivity contribution >= 4 is 11.6 Å². The van der Waals surface area contributed by atoms with E-state index in [1.54, 1.807) is 6.92 Å². The molecule has 0 spiro atoms. The third-order valence-electron chi connectivity index (χ3n) is 2.46. The van der Waals surface area contributed by atoms with E-state index in [0.29, 0.717) is 23.6 Å². The second-order valence-corrected chi connectivity index (χ2v) is 3.95. The van der Waals surface area contributed by atoms with Gasteiger partial charge in [0, 0.05) is 10.6 Å². The number of hydrogen-bond donors (Lipinski definition) is 2. The van der Waals surface area contributed by atoms with Crippen molar-refractivity contribution in [2.24, 2.45) is 5.73 Å². The Kier molecular flexibility index (Phi) is 4.36. The third-order valence-corrected chi connectivity index (χ3v) is 2.85. The molecule has 0 bridgehead atoms. The molecule has 1 aromatic rings. The molecular formula is C11H15ClFNO. The molecule has 0 aliphatic carbocycles. The molecule has 4 heteroatoms. The molecule has 0 saturated carbocycles. The molecule has 84 valence electrons. The minimum atomic E-state index is -0.659. The fraction of sp³-hybridized carbons (Fsp3) is 0.455. The molecule has 0 atom stereocenters. The lowest BCUT2D eigenvalue weighted by Gasteiger charge is -2.10. The van der Waals surface area contributed by atoms with Crippen LogP contribution in [-0.4, -0.2) is 11.7 Å². The summed E-state index contributed by atoms with van der Waals surface area (Å²) in [4.78, 5) is 0. The van der Waals surface area contributed by atoms with E-state index in [9.17, 15) is 9.50 Å². The van der Waals surface area contributed by atoms with Crippen LogP contribution >= 0.6 is 11.6 Å². The van der Waals surface area contributed by atoms with Crippen LogP contribution in [-0.2, 0) is 6.42 Å². The summed E-state index contributed by atoms with van der Waals surface area (Å²) in [5, 5.41) is 9.89. The summed E-state index contributed by atoms with van der Waals surface area (Å²) in [6.45, 7) is 2.38. The highest BCUT2D eigenvalue weighted by atomic mass is 35.5. The molecule has 2 nitrogen and oxygen atoms in total. The van der Waals surface area contributed by atoms with Crippen LogP contribution in [0.3, 0.4) is 0 Å². The fourth-order valence-electron chi connectivity index (χ4n) is 1.51. The smallest absolute Gasteiger partial charge is 0.166 e. The highest BCUT2D eigenvalue weighted by molar-refractivity contribution is 6.31. The van der Waals surface area contributed by atoms with Gasteiger partial charge in [0.05, 0.1) is 0 Å². The number of phenolic OH excluding ortho intramolecular Hbond substituents is 1. The quantitative estimate of drug-likeness (QED) is 0.783. The van der Waals surface area contributed by atoms with E-state index >= 15 is 0 Å². The lowest BCUT2D eigenvalue weighted by Crippen LogP contribution is -2.00. The van der Waals surface area contributed by atoms with Crippen LogP contribution in [0.2, 0.25) is 5.02 Å². The van der Waals surface area contributed by atoms with Crippen molar-refractivity contribution in [3.63, 3.8) is 0 Å². The Morgan fingerprint density at radius 2 is 2.13 bits per heavy atom. The molecule has 15 heavy (non-hydrogen) atoms. The summed E-state index contributed by atoms with van der Waals surface area (Å²) in [6.07, 6.45) is 2.28. The first kappa shape index (κ1) is 12.3. The van der Waals surface area contributed by atoms with Crippen LogP contribution in [0.5, 0.6) is 5.75 Å². The van der Waals surface area contributed by atoms with E-state index in [4.69, 9.17) is 17.3 Å². The molecular weight excluding hydrogens is 217 g/mol. The third kappa shape index (κ3) is 2.83. The number of phenols is 1. The molecule has 0 fully saturated rings. The zero-order valence-electron chi connectivity index (χ0n) is 8.69. The van der Waals surface area contributed by atoms with Gasteiger partial charge < -0.3 is 10.8 Å². The van der Waals surface area contributed by atoms with Crippen LogP contribution < -0.4 is 5.73 Å². The molecule has 0 unspecified atom stereocenters. The molecule has 0 aliphatic heterocycles. The normalized spacial score (nSPS) is 10.7. The Balaban J connectivity index is 2.94. The van der Waals surface area contributed by atoms with E-state index in [1.807, 2.05) is 0 Å². The molecule has 3 N–H and O–H groups in total. The monoisotopic (exact) mass is 231 g/mol. The molecule has 1 aromatic carbocycles. The van der Waals surface area contributed by atoms with Gasteiger partial charge in [0.15, 0.2) is 11.6 Å².